The molecular weight excluding hydrogens is 334 g/mol. The van der Waals surface area contributed by atoms with Crippen molar-refractivity contribution in [1.29, 1.82) is 0 Å². The van der Waals surface area contributed by atoms with Gasteiger partial charge < -0.3 is 15.2 Å². The monoisotopic (exact) mass is 353 g/mol. The molecule has 5 nitrogen and oxygen atoms in total. The van der Waals surface area contributed by atoms with Gasteiger partial charge in [0.15, 0.2) is 0 Å². The SMILES string of the molecule is C[C@H]1CC2(C[C@@H](c3cnn(C)c3)N1)OCC(O)c1cc(Cl)sc12. The zero-order valence-electron chi connectivity index (χ0n) is 13.1. The zero-order valence-corrected chi connectivity index (χ0v) is 14.7. The van der Waals surface area contributed by atoms with Gasteiger partial charge in [0.05, 0.1) is 17.1 Å². The molecule has 1 saturated heterocycles. The molecule has 4 atom stereocenters. The third kappa shape index (κ3) is 2.62. The van der Waals surface area contributed by atoms with Crippen LogP contribution in [0.5, 0.6) is 0 Å². The van der Waals surface area contributed by atoms with Crippen LogP contribution in [0.15, 0.2) is 18.5 Å². The summed E-state index contributed by atoms with van der Waals surface area (Å²) in [5, 5.41) is 18.2. The van der Waals surface area contributed by atoms with Crippen LogP contribution in [0.4, 0.5) is 0 Å². The fraction of sp³-hybridized carbons (Fsp3) is 0.562. The second kappa shape index (κ2) is 5.57. The third-order valence-corrected chi connectivity index (χ3v) is 6.27. The minimum absolute atomic E-state index is 0.177. The van der Waals surface area contributed by atoms with Crippen molar-refractivity contribution in [1.82, 2.24) is 15.1 Å². The Labute approximate surface area is 144 Å². The molecule has 0 saturated carbocycles. The van der Waals surface area contributed by atoms with Crippen molar-refractivity contribution in [3.05, 3.63) is 38.8 Å². The molecule has 4 rings (SSSR count). The van der Waals surface area contributed by atoms with Gasteiger partial charge in [0.2, 0.25) is 0 Å². The van der Waals surface area contributed by atoms with Gasteiger partial charge in [-0.25, -0.2) is 0 Å². The highest BCUT2D eigenvalue weighted by Crippen LogP contribution is 2.51. The lowest BCUT2D eigenvalue weighted by Gasteiger charge is -2.46. The van der Waals surface area contributed by atoms with Crippen molar-refractivity contribution in [3.8, 4) is 0 Å². The molecule has 0 bridgehead atoms. The molecule has 7 heteroatoms. The van der Waals surface area contributed by atoms with E-state index in [-0.39, 0.29) is 11.6 Å². The number of ether oxygens (including phenoxy) is 1. The van der Waals surface area contributed by atoms with Crippen molar-refractivity contribution < 1.29 is 9.84 Å². The van der Waals surface area contributed by atoms with Crippen LogP contribution in [-0.4, -0.2) is 27.5 Å². The molecule has 124 valence electrons. The van der Waals surface area contributed by atoms with E-state index in [1.807, 2.05) is 30.2 Å². The molecule has 2 unspecified atom stereocenters. The first-order chi connectivity index (χ1) is 11.0. The van der Waals surface area contributed by atoms with E-state index in [0.29, 0.717) is 17.0 Å². The first-order valence-electron chi connectivity index (χ1n) is 7.83. The van der Waals surface area contributed by atoms with Crippen molar-refractivity contribution >= 4 is 22.9 Å². The number of rotatable bonds is 1. The maximum Gasteiger partial charge on any atom is 0.106 e. The predicted molar refractivity (Wildman–Crippen MR) is 89.7 cm³/mol. The van der Waals surface area contributed by atoms with Crippen molar-refractivity contribution in [2.24, 2.45) is 7.05 Å². The van der Waals surface area contributed by atoms with Crippen LogP contribution in [0.25, 0.3) is 0 Å². The Morgan fingerprint density at radius 2 is 2.35 bits per heavy atom. The second-order valence-corrected chi connectivity index (χ2v) is 8.32. The highest BCUT2D eigenvalue weighted by molar-refractivity contribution is 7.16. The van der Waals surface area contributed by atoms with Gasteiger partial charge in [0.1, 0.15) is 11.7 Å². The number of hydrogen-bond acceptors (Lipinski definition) is 5. The Kier molecular flexibility index (Phi) is 3.77. The van der Waals surface area contributed by atoms with Crippen molar-refractivity contribution in [2.45, 2.75) is 43.6 Å². The normalized spacial score (nSPS) is 33.8. The Morgan fingerprint density at radius 3 is 3.09 bits per heavy atom. The quantitative estimate of drug-likeness (QED) is 0.827. The maximum atomic E-state index is 10.2. The number of piperidine rings is 1. The molecule has 0 aromatic carbocycles. The van der Waals surface area contributed by atoms with Gasteiger partial charge in [-0.2, -0.15) is 5.10 Å². The zero-order chi connectivity index (χ0) is 16.2. The number of aliphatic hydroxyl groups excluding tert-OH is 1. The fourth-order valence-corrected chi connectivity index (χ4v) is 5.33. The first-order valence-corrected chi connectivity index (χ1v) is 9.02. The fourth-order valence-electron chi connectivity index (χ4n) is 3.88. The molecule has 4 heterocycles. The van der Waals surface area contributed by atoms with E-state index >= 15 is 0 Å². The summed E-state index contributed by atoms with van der Waals surface area (Å²) in [6.07, 6.45) is 5.06. The number of aromatic nitrogens is 2. The standard InChI is InChI=1S/C16H20ClN3O2S/c1-9-4-16(5-12(19-9)10-6-18-20(2)7-10)15-11(3-14(17)23-15)13(21)8-22-16/h3,6-7,9,12-13,19,21H,4-5,8H2,1-2H3/t9-,12-,13?,16?/m0/s1. The van der Waals surface area contributed by atoms with Crippen LogP contribution in [0.1, 0.15) is 47.9 Å². The predicted octanol–water partition coefficient (Wildman–Crippen LogP) is 2.91. The lowest BCUT2D eigenvalue weighted by Crippen LogP contribution is -2.50. The Bertz CT molecular complexity index is 731. The number of aryl methyl sites for hydroxylation is 1. The Balaban J connectivity index is 1.74. The number of hydrogen-bond donors (Lipinski definition) is 2. The molecule has 2 N–H and O–H groups in total. The average Bonchev–Trinajstić information content (AvgIpc) is 3.10. The molecule has 2 aromatic heterocycles. The average molecular weight is 354 g/mol. The number of aliphatic hydroxyl groups is 1. The van der Waals surface area contributed by atoms with E-state index in [1.54, 1.807) is 0 Å². The smallest absolute Gasteiger partial charge is 0.106 e. The number of nitrogens with one attached hydrogen (secondary N) is 1. The van der Waals surface area contributed by atoms with Gasteiger partial charge in [0.25, 0.3) is 0 Å². The van der Waals surface area contributed by atoms with Gasteiger partial charge in [-0.3, -0.25) is 4.68 Å². The van der Waals surface area contributed by atoms with E-state index in [0.717, 1.165) is 28.8 Å². The molecule has 1 fully saturated rings. The highest BCUT2D eigenvalue weighted by atomic mass is 35.5. The van der Waals surface area contributed by atoms with Crippen LogP contribution >= 0.6 is 22.9 Å². The van der Waals surface area contributed by atoms with Crippen LogP contribution in [0, 0.1) is 0 Å². The van der Waals surface area contributed by atoms with Gasteiger partial charge in [-0.1, -0.05) is 11.6 Å². The summed E-state index contributed by atoms with van der Waals surface area (Å²) in [7, 11) is 1.93. The maximum absolute atomic E-state index is 10.2. The summed E-state index contributed by atoms with van der Waals surface area (Å²) >= 11 is 7.77. The molecule has 2 aromatic rings. The Morgan fingerprint density at radius 1 is 1.52 bits per heavy atom. The number of fused-ring (bicyclic) bond motifs is 2. The first kappa shape index (κ1) is 15.6. The summed E-state index contributed by atoms with van der Waals surface area (Å²) in [5.41, 5.74) is 1.72. The van der Waals surface area contributed by atoms with Crippen LogP contribution < -0.4 is 5.32 Å². The number of thiophene rings is 1. The van der Waals surface area contributed by atoms with Crippen molar-refractivity contribution in [2.75, 3.05) is 6.61 Å². The van der Waals surface area contributed by atoms with Gasteiger partial charge >= 0.3 is 0 Å². The molecule has 1 spiro atoms. The number of halogens is 1. The Hall–Kier alpha value is -0.920. The third-order valence-electron chi connectivity index (χ3n) is 4.80. The summed E-state index contributed by atoms with van der Waals surface area (Å²) in [4.78, 5) is 1.09. The lowest BCUT2D eigenvalue weighted by atomic mass is 9.78. The van der Waals surface area contributed by atoms with Gasteiger partial charge in [-0.05, 0) is 19.4 Å². The molecule has 0 amide bonds. The van der Waals surface area contributed by atoms with Crippen LogP contribution in [-0.2, 0) is 17.4 Å². The lowest BCUT2D eigenvalue weighted by molar-refractivity contribution is -0.129. The van der Waals surface area contributed by atoms with Gasteiger partial charge in [0, 0.05) is 47.8 Å². The molecule has 0 radical (unpaired) electrons. The summed E-state index contributed by atoms with van der Waals surface area (Å²) in [6.45, 7) is 2.50. The second-order valence-electron chi connectivity index (χ2n) is 6.63. The minimum Gasteiger partial charge on any atom is -0.386 e. The summed E-state index contributed by atoms with van der Waals surface area (Å²) < 4.78 is 8.75. The minimum atomic E-state index is -0.582. The topological polar surface area (TPSA) is 59.3 Å². The van der Waals surface area contributed by atoms with E-state index in [4.69, 9.17) is 16.3 Å². The number of nitrogens with zero attached hydrogens (tertiary/aromatic N) is 2. The largest absolute Gasteiger partial charge is 0.386 e. The van der Waals surface area contributed by atoms with E-state index < -0.39 is 6.10 Å². The molecule has 2 aliphatic rings. The van der Waals surface area contributed by atoms with E-state index in [1.165, 1.54) is 11.3 Å². The summed E-state index contributed by atoms with van der Waals surface area (Å²) in [5.74, 6) is 0. The van der Waals surface area contributed by atoms with Crippen molar-refractivity contribution in [3.63, 3.8) is 0 Å². The van der Waals surface area contributed by atoms with E-state index in [9.17, 15) is 5.11 Å². The molecule has 2 aliphatic heterocycles. The molecule has 0 aliphatic carbocycles. The van der Waals surface area contributed by atoms with Crippen LogP contribution in [0.2, 0.25) is 4.34 Å². The van der Waals surface area contributed by atoms with Gasteiger partial charge in [-0.15, -0.1) is 11.3 Å². The molecule has 23 heavy (non-hydrogen) atoms. The van der Waals surface area contributed by atoms with Crippen LogP contribution in [0.3, 0.4) is 0 Å². The highest BCUT2D eigenvalue weighted by Gasteiger charge is 2.48. The summed E-state index contributed by atoms with van der Waals surface area (Å²) in [6, 6.07) is 2.37. The molecular formula is C16H20ClN3O2S. The van der Waals surface area contributed by atoms with E-state index in [2.05, 4.69) is 17.3 Å².